The maximum absolute atomic E-state index is 8.40. The molecule has 0 rings (SSSR count). The minimum Gasteiger partial charge on any atom is -0.395 e. The second-order valence-corrected chi connectivity index (χ2v) is 1.75. The maximum atomic E-state index is 8.40. The Morgan fingerprint density at radius 2 is 2.38 bits per heavy atom. The van der Waals surface area contributed by atoms with Crippen LogP contribution in [0.4, 0.5) is 0 Å². The van der Waals surface area contributed by atoms with Gasteiger partial charge in [0.1, 0.15) is 0 Å². The van der Waals surface area contributed by atoms with Gasteiger partial charge in [-0.1, -0.05) is 12.2 Å². The summed E-state index contributed by atoms with van der Waals surface area (Å²) in [4.78, 5) is 0. The molecule has 0 bridgehead atoms. The molecule has 2 heteroatoms. The van der Waals surface area contributed by atoms with Crippen LogP contribution in [0.15, 0.2) is 12.2 Å². The van der Waals surface area contributed by atoms with E-state index in [1.165, 1.54) is 0 Å². The molecule has 0 aliphatic rings. The summed E-state index contributed by atoms with van der Waals surface area (Å²) in [5.41, 5.74) is 5.36. The van der Waals surface area contributed by atoms with Crippen molar-refractivity contribution in [3.8, 4) is 0 Å². The van der Waals surface area contributed by atoms with Crippen molar-refractivity contribution in [2.24, 2.45) is 5.73 Å². The highest BCUT2D eigenvalue weighted by atomic mass is 16.3. The molecular weight excluding hydrogens is 102 g/mol. The molecule has 1 atom stereocenters. The van der Waals surface area contributed by atoms with E-state index in [2.05, 4.69) is 0 Å². The summed E-state index contributed by atoms with van der Waals surface area (Å²) in [6.45, 7) is 2.01. The van der Waals surface area contributed by atoms with Gasteiger partial charge in [-0.15, -0.1) is 0 Å². The SMILES string of the molecule is C/C=C\C[C@H](N)CO. The first-order valence-corrected chi connectivity index (χ1v) is 2.78. The average molecular weight is 115 g/mol. The summed E-state index contributed by atoms with van der Waals surface area (Å²) in [5, 5.41) is 8.40. The average Bonchev–Trinajstić information content (AvgIpc) is 1.83. The summed E-state index contributed by atoms with van der Waals surface area (Å²) in [7, 11) is 0. The zero-order chi connectivity index (χ0) is 6.41. The van der Waals surface area contributed by atoms with Gasteiger partial charge >= 0.3 is 0 Å². The van der Waals surface area contributed by atoms with Gasteiger partial charge in [0, 0.05) is 6.04 Å². The van der Waals surface area contributed by atoms with E-state index in [1.807, 2.05) is 19.1 Å². The van der Waals surface area contributed by atoms with Gasteiger partial charge in [0.25, 0.3) is 0 Å². The number of nitrogens with two attached hydrogens (primary N) is 1. The zero-order valence-corrected chi connectivity index (χ0v) is 5.17. The Morgan fingerprint density at radius 1 is 1.75 bits per heavy atom. The first-order valence-electron chi connectivity index (χ1n) is 2.78. The van der Waals surface area contributed by atoms with Crippen LogP contribution in [0.1, 0.15) is 13.3 Å². The lowest BCUT2D eigenvalue weighted by atomic mass is 10.2. The molecule has 2 nitrogen and oxygen atoms in total. The van der Waals surface area contributed by atoms with E-state index in [1.54, 1.807) is 0 Å². The highest BCUT2D eigenvalue weighted by molar-refractivity contribution is 4.81. The fourth-order valence-electron chi connectivity index (χ4n) is 0.385. The molecule has 0 aromatic heterocycles. The van der Waals surface area contributed by atoms with E-state index in [0.717, 1.165) is 6.42 Å². The molecule has 0 radical (unpaired) electrons. The summed E-state index contributed by atoms with van der Waals surface area (Å²) in [6.07, 6.45) is 4.64. The van der Waals surface area contributed by atoms with Crippen LogP contribution in [0.25, 0.3) is 0 Å². The molecule has 0 heterocycles. The number of allylic oxidation sites excluding steroid dienone is 1. The normalized spacial score (nSPS) is 14.9. The third-order valence-electron chi connectivity index (χ3n) is 0.909. The Labute approximate surface area is 50.0 Å². The van der Waals surface area contributed by atoms with E-state index in [9.17, 15) is 0 Å². The Balaban J connectivity index is 3.10. The van der Waals surface area contributed by atoms with E-state index >= 15 is 0 Å². The number of aliphatic hydroxyl groups is 1. The minimum absolute atomic E-state index is 0.0737. The van der Waals surface area contributed by atoms with Gasteiger partial charge in [-0.25, -0.2) is 0 Å². The molecule has 0 aliphatic heterocycles. The molecule has 0 saturated carbocycles. The molecule has 0 fully saturated rings. The Bertz CT molecular complexity index is 70.9. The van der Waals surface area contributed by atoms with Crippen LogP contribution >= 0.6 is 0 Å². The predicted molar refractivity (Wildman–Crippen MR) is 34.5 cm³/mol. The van der Waals surface area contributed by atoms with Gasteiger partial charge in [0.15, 0.2) is 0 Å². The third kappa shape index (κ3) is 3.84. The van der Waals surface area contributed by atoms with Crippen molar-refractivity contribution in [3.63, 3.8) is 0 Å². The number of hydrogen-bond donors (Lipinski definition) is 2. The highest BCUT2D eigenvalue weighted by Gasteiger charge is 1.92. The van der Waals surface area contributed by atoms with Crippen LogP contribution in [0.5, 0.6) is 0 Å². The lowest BCUT2D eigenvalue weighted by Gasteiger charge is -2.00. The van der Waals surface area contributed by atoms with Gasteiger partial charge in [-0.05, 0) is 13.3 Å². The summed E-state index contributed by atoms with van der Waals surface area (Å²) >= 11 is 0. The number of aliphatic hydroxyl groups excluding tert-OH is 1. The van der Waals surface area contributed by atoms with E-state index in [4.69, 9.17) is 10.8 Å². The fraction of sp³-hybridized carbons (Fsp3) is 0.667. The summed E-state index contributed by atoms with van der Waals surface area (Å²) in [5.74, 6) is 0. The first kappa shape index (κ1) is 7.66. The molecule has 0 amide bonds. The van der Waals surface area contributed by atoms with Crippen molar-refractivity contribution in [3.05, 3.63) is 12.2 Å². The van der Waals surface area contributed by atoms with Crippen LogP contribution in [-0.2, 0) is 0 Å². The van der Waals surface area contributed by atoms with Crippen LogP contribution in [0, 0.1) is 0 Å². The Hall–Kier alpha value is -0.340. The minimum atomic E-state index is -0.0776. The molecule has 3 N–H and O–H groups in total. The first-order chi connectivity index (χ1) is 3.81. The molecule has 0 saturated heterocycles. The van der Waals surface area contributed by atoms with E-state index in [-0.39, 0.29) is 12.6 Å². The van der Waals surface area contributed by atoms with Crippen molar-refractivity contribution in [1.82, 2.24) is 0 Å². The van der Waals surface area contributed by atoms with Crippen molar-refractivity contribution in [2.75, 3.05) is 6.61 Å². The van der Waals surface area contributed by atoms with Crippen molar-refractivity contribution in [1.29, 1.82) is 0 Å². The van der Waals surface area contributed by atoms with Gasteiger partial charge < -0.3 is 10.8 Å². The topological polar surface area (TPSA) is 46.2 Å². The van der Waals surface area contributed by atoms with Crippen molar-refractivity contribution in [2.45, 2.75) is 19.4 Å². The van der Waals surface area contributed by atoms with Gasteiger partial charge in [0.05, 0.1) is 6.61 Å². The van der Waals surface area contributed by atoms with Crippen LogP contribution in [0.2, 0.25) is 0 Å². The quantitative estimate of drug-likeness (QED) is 0.519. The highest BCUT2D eigenvalue weighted by Crippen LogP contribution is 1.86. The van der Waals surface area contributed by atoms with E-state index in [0.29, 0.717) is 0 Å². The van der Waals surface area contributed by atoms with Gasteiger partial charge in [-0.2, -0.15) is 0 Å². The second-order valence-electron chi connectivity index (χ2n) is 1.75. The van der Waals surface area contributed by atoms with Gasteiger partial charge in [-0.3, -0.25) is 0 Å². The van der Waals surface area contributed by atoms with Crippen LogP contribution in [-0.4, -0.2) is 17.8 Å². The maximum Gasteiger partial charge on any atom is 0.0585 e. The second kappa shape index (κ2) is 4.81. The molecule has 0 unspecified atom stereocenters. The summed E-state index contributed by atoms with van der Waals surface area (Å²) < 4.78 is 0. The largest absolute Gasteiger partial charge is 0.395 e. The molecule has 0 aromatic rings. The smallest absolute Gasteiger partial charge is 0.0585 e. The standard InChI is InChI=1S/C6H13NO/c1-2-3-4-6(7)5-8/h2-3,6,8H,4-5,7H2,1H3/b3-2-/t6-/m0/s1. The summed E-state index contributed by atoms with van der Waals surface area (Å²) in [6, 6.07) is -0.0776. The monoisotopic (exact) mass is 115 g/mol. The van der Waals surface area contributed by atoms with E-state index < -0.39 is 0 Å². The van der Waals surface area contributed by atoms with Crippen LogP contribution < -0.4 is 5.73 Å². The number of rotatable bonds is 3. The molecule has 0 spiro atoms. The molecule has 48 valence electrons. The zero-order valence-electron chi connectivity index (χ0n) is 5.17. The van der Waals surface area contributed by atoms with Crippen molar-refractivity contribution >= 4 is 0 Å². The van der Waals surface area contributed by atoms with Gasteiger partial charge in [0.2, 0.25) is 0 Å². The number of hydrogen-bond acceptors (Lipinski definition) is 2. The lowest BCUT2D eigenvalue weighted by molar-refractivity contribution is 0.266. The fourth-order valence-corrected chi connectivity index (χ4v) is 0.385. The third-order valence-corrected chi connectivity index (χ3v) is 0.909. The Morgan fingerprint density at radius 3 is 2.75 bits per heavy atom. The molecular formula is C6H13NO. The van der Waals surface area contributed by atoms with Crippen molar-refractivity contribution < 1.29 is 5.11 Å². The molecule has 0 aliphatic carbocycles. The van der Waals surface area contributed by atoms with Crippen LogP contribution in [0.3, 0.4) is 0 Å². The lowest BCUT2D eigenvalue weighted by Crippen LogP contribution is -2.22. The Kier molecular flexibility index (Phi) is 4.61. The molecule has 0 aromatic carbocycles. The predicted octanol–water partition coefficient (Wildman–Crippen LogP) is 0.272. The molecule has 8 heavy (non-hydrogen) atoms.